The first-order chi connectivity index (χ1) is 11.1. The molecular formula is C19H24N2O2. The molecule has 2 amide bonds. The van der Waals surface area contributed by atoms with E-state index >= 15 is 0 Å². The van der Waals surface area contributed by atoms with Crippen LogP contribution in [0.5, 0.6) is 0 Å². The van der Waals surface area contributed by atoms with Gasteiger partial charge in [-0.1, -0.05) is 29.8 Å². The van der Waals surface area contributed by atoms with Crippen LogP contribution in [0.2, 0.25) is 0 Å². The van der Waals surface area contributed by atoms with Crippen molar-refractivity contribution in [3.05, 3.63) is 35.4 Å². The molecule has 3 saturated heterocycles. The highest BCUT2D eigenvalue weighted by Gasteiger charge is 2.54. The molecule has 2 atom stereocenters. The lowest BCUT2D eigenvalue weighted by Crippen LogP contribution is -2.48. The van der Waals surface area contributed by atoms with Gasteiger partial charge in [0.25, 0.3) is 0 Å². The molecule has 23 heavy (non-hydrogen) atoms. The Balaban J connectivity index is 1.75. The molecule has 4 heteroatoms. The Hall–Kier alpha value is -1.84. The number of hydrogen-bond donors (Lipinski definition) is 0. The fourth-order valence-corrected chi connectivity index (χ4v) is 4.63. The molecule has 0 aromatic heterocycles. The molecule has 3 aliphatic rings. The van der Waals surface area contributed by atoms with Gasteiger partial charge in [-0.25, -0.2) is 0 Å². The maximum atomic E-state index is 13.4. The van der Waals surface area contributed by atoms with Crippen molar-refractivity contribution in [2.45, 2.75) is 50.5 Å². The number of benzene rings is 1. The van der Waals surface area contributed by atoms with Crippen molar-refractivity contribution in [3.63, 3.8) is 0 Å². The lowest BCUT2D eigenvalue weighted by Gasteiger charge is -2.33. The van der Waals surface area contributed by atoms with Gasteiger partial charge in [-0.3, -0.25) is 9.59 Å². The predicted molar refractivity (Wildman–Crippen MR) is 88.0 cm³/mol. The summed E-state index contributed by atoms with van der Waals surface area (Å²) in [6.07, 6.45) is 4.53. The third kappa shape index (κ3) is 2.27. The van der Waals surface area contributed by atoms with Crippen LogP contribution in [0.15, 0.2) is 24.3 Å². The summed E-state index contributed by atoms with van der Waals surface area (Å²) < 4.78 is 0. The van der Waals surface area contributed by atoms with Gasteiger partial charge in [0.15, 0.2) is 0 Å². The van der Waals surface area contributed by atoms with Crippen LogP contribution >= 0.6 is 0 Å². The van der Waals surface area contributed by atoms with Crippen LogP contribution in [-0.2, 0) is 15.0 Å². The molecule has 0 radical (unpaired) electrons. The molecule has 0 N–H and O–H groups in total. The zero-order valence-corrected chi connectivity index (χ0v) is 13.8. The standard InChI is InChI=1S/C19H24N2O2/c1-14-5-4-6-15(11-14)19(18(23)20-9-2-3-10-20)12-16-7-8-17(22)21(16)13-19/h4-6,11,16H,2-3,7-10,12-13H2,1H3. The molecular weight excluding hydrogens is 288 g/mol. The first-order valence-corrected chi connectivity index (χ1v) is 8.76. The Kier molecular flexibility index (Phi) is 3.43. The van der Waals surface area contributed by atoms with Crippen LogP contribution in [0.3, 0.4) is 0 Å². The number of fused-ring (bicyclic) bond motifs is 1. The van der Waals surface area contributed by atoms with Crippen molar-refractivity contribution in [2.24, 2.45) is 0 Å². The van der Waals surface area contributed by atoms with Gasteiger partial charge >= 0.3 is 0 Å². The molecule has 0 bridgehead atoms. The second-order valence-electron chi connectivity index (χ2n) is 7.37. The monoisotopic (exact) mass is 312 g/mol. The molecule has 0 saturated carbocycles. The fourth-order valence-electron chi connectivity index (χ4n) is 4.63. The molecule has 122 valence electrons. The molecule has 2 unspecified atom stereocenters. The zero-order valence-electron chi connectivity index (χ0n) is 13.8. The Morgan fingerprint density at radius 1 is 1.26 bits per heavy atom. The van der Waals surface area contributed by atoms with Crippen LogP contribution in [-0.4, -0.2) is 47.3 Å². The topological polar surface area (TPSA) is 40.6 Å². The minimum Gasteiger partial charge on any atom is -0.342 e. The SMILES string of the molecule is Cc1cccc(C2(C(=O)N3CCCC3)CC3CCC(=O)N3C2)c1. The third-order valence-corrected chi connectivity index (χ3v) is 5.85. The summed E-state index contributed by atoms with van der Waals surface area (Å²) in [7, 11) is 0. The third-order valence-electron chi connectivity index (χ3n) is 5.85. The summed E-state index contributed by atoms with van der Waals surface area (Å²) in [5.41, 5.74) is 1.74. The van der Waals surface area contributed by atoms with Gasteiger partial charge < -0.3 is 9.80 Å². The molecule has 4 rings (SSSR count). The van der Waals surface area contributed by atoms with Crippen molar-refractivity contribution < 1.29 is 9.59 Å². The first-order valence-electron chi connectivity index (χ1n) is 8.76. The van der Waals surface area contributed by atoms with Crippen molar-refractivity contribution in [1.29, 1.82) is 0 Å². The van der Waals surface area contributed by atoms with Gasteiger partial charge in [0, 0.05) is 32.1 Å². The quantitative estimate of drug-likeness (QED) is 0.840. The summed E-state index contributed by atoms with van der Waals surface area (Å²) in [6.45, 7) is 4.37. The largest absolute Gasteiger partial charge is 0.342 e. The minimum absolute atomic E-state index is 0.221. The Labute approximate surface area is 137 Å². The molecule has 0 spiro atoms. The summed E-state index contributed by atoms with van der Waals surface area (Å²) >= 11 is 0. The smallest absolute Gasteiger partial charge is 0.235 e. The van der Waals surface area contributed by atoms with Gasteiger partial charge in [0.1, 0.15) is 0 Å². The van der Waals surface area contributed by atoms with Gasteiger partial charge in [0.05, 0.1) is 5.41 Å². The van der Waals surface area contributed by atoms with Gasteiger partial charge in [-0.2, -0.15) is 0 Å². The second-order valence-corrected chi connectivity index (χ2v) is 7.37. The van der Waals surface area contributed by atoms with E-state index in [1.54, 1.807) is 0 Å². The summed E-state index contributed by atoms with van der Waals surface area (Å²) in [4.78, 5) is 29.6. The van der Waals surface area contributed by atoms with E-state index in [-0.39, 0.29) is 17.9 Å². The van der Waals surface area contributed by atoms with Crippen molar-refractivity contribution in [2.75, 3.05) is 19.6 Å². The fraction of sp³-hybridized carbons (Fsp3) is 0.579. The first kappa shape index (κ1) is 14.7. The van der Waals surface area contributed by atoms with Crippen LogP contribution in [0.25, 0.3) is 0 Å². The van der Waals surface area contributed by atoms with E-state index < -0.39 is 5.41 Å². The Morgan fingerprint density at radius 2 is 2.04 bits per heavy atom. The number of nitrogens with zero attached hydrogens (tertiary/aromatic N) is 2. The van der Waals surface area contributed by atoms with E-state index in [9.17, 15) is 9.59 Å². The number of hydrogen-bond acceptors (Lipinski definition) is 2. The van der Waals surface area contributed by atoms with Crippen LogP contribution in [0, 0.1) is 6.92 Å². The number of carbonyl (C=O) groups is 2. The molecule has 3 aliphatic heterocycles. The van der Waals surface area contributed by atoms with Crippen LogP contribution in [0.1, 0.15) is 43.2 Å². The molecule has 3 heterocycles. The van der Waals surface area contributed by atoms with E-state index in [0.717, 1.165) is 44.3 Å². The second kappa shape index (κ2) is 5.36. The summed E-state index contributed by atoms with van der Waals surface area (Å²) in [5, 5.41) is 0. The van der Waals surface area contributed by atoms with E-state index in [1.807, 2.05) is 15.9 Å². The number of amides is 2. The summed E-state index contributed by atoms with van der Waals surface area (Å²) in [5.74, 6) is 0.460. The molecule has 4 nitrogen and oxygen atoms in total. The van der Waals surface area contributed by atoms with Crippen molar-refractivity contribution in [1.82, 2.24) is 9.80 Å². The maximum absolute atomic E-state index is 13.4. The van der Waals surface area contributed by atoms with E-state index in [1.165, 1.54) is 5.56 Å². The normalized spacial score (nSPS) is 30.1. The molecule has 1 aromatic rings. The number of aryl methyl sites for hydroxylation is 1. The van der Waals surface area contributed by atoms with Gasteiger partial charge in [0.2, 0.25) is 11.8 Å². The molecule has 3 fully saturated rings. The van der Waals surface area contributed by atoms with Crippen molar-refractivity contribution >= 4 is 11.8 Å². The maximum Gasteiger partial charge on any atom is 0.235 e. The predicted octanol–water partition coefficient (Wildman–Crippen LogP) is 2.25. The van der Waals surface area contributed by atoms with Crippen LogP contribution < -0.4 is 0 Å². The average molecular weight is 312 g/mol. The molecule has 1 aromatic carbocycles. The lowest BCUT2D eigenvalue weighted by atomic mass is 9.76. The van der Waals surface area contributed by atoms with E-state index in [2.05, 4.69) is 25.1 Å². The Bertz CT molecular complexity index is 651. The number of rotatable bonds is 2. The minimum atomic E-state index is -0.531. The number of carbonyl (C=O) groups excluding carboxylic acids is 2. The number of likely N-dealkylation sites (tertiary alicyclic amines) is 1. The molecule has 0 aliphatic carbocycles. The van der Waals surface area contributed by atoms with E-state index in [0.29, 0.717) is 13.0 Å². The van der Waals surface area contributed by atoms with Gasteiger partial charge in [-0.05, 0) is 38.2 Å². The highest BCUT2D eigenvalue weighted by Crippen LogP contribution is 2.44. The summed E-state index contributed by atoms with van der Waals surface area (Å²) in [6, 6.07) is 8.57. The van der Waals surface area contributed by atoms with E-state index in [4.69, 9.17) is 0 Å². The zero-order chi connectivity index (χ0) is 16.0. The van der Waals surface area contributed by atoms with Crippen LogP contribution in [0.4, 0.5) is 0 Å². The average Bonchev–Trinajstić information content (AvgIpc) is 3.25. The Morgan fingerprint density at radius 3 is 2.74 bits per heavy atom. The lowest BCUT2D eigenvalue weighted by molar-refractivity contribution is -0.136. The highest BCUT2D eigenvalue weighted by molar-refractivity contribution is 5.91. The highest BCUT2D eigenvalue weighted by atomic mass is 16.2. The van der Waals surface area contributed by atoms with Gasteiger partial charge in [-0.15, -0.1) is 0 Å². The van der Waals surface area contributed by atoms with Crippen molar-refractivity contribution in [3.8, 4) is 0 Å².